The van der Waals surface area contributed by atoms with Crippen LogP contribution in [0.2, 0.25) is 0 Å². The summed E-state index contributed by atoms with van der Waals surface area (Å²) in [6.07, 6.45) is 0. The molecule has 96 valence electrons. The molecule has 0 aliphatic heterocycles. The Kier molecular flexibility index (Phi) is 4.60. The zero-order valence-corrected chi connectivity index (χ0v) is 11.0. The van der Waals surface area contributed by atoms with E-state index in [1.807, 2.05) is 18.9 Å². The number of rotatable bonds is 4. The van der Waals surface area contributed by atoms with Crippen molar-refractivity contribution in [2.45, 2.75) is 13.8 Å². The third-order valence-electron chi connectivity index (χ3n) is 2.37. The minimum Gasteiger partial charge on any atom is -0.463 e. The molecule has 1 rings (SSSR count). The Morgan fingerprint density at radius 2 is 2.28 bits per heavy atom. The van der Waals surface area contributed by atoms with Crippen LogP contribution in [-0.4, -0.2) is 36.6 Å². The Bertz CT molecular complexity index is 481. The highest BCUT2D eigenvalue weighted by Gasteiger charge is 2.14. The van der Waals surface area contributed by atoms with Crippen LogP contribution in [0, 0.1) is 24.2 Å². The van der Waals surface area contributed by atoms with E-state index in [0.29, 0.717) is 18.1 Å². The van der Waals surface area contributed by atoms with E-state index in [0.717, 1.165) is 0 Å². The molecule has 0 bridgehead atoms. The first-order valence-electron chi connectivity index (χ1n) is 5.52. The largest absolute Gasteiger partial charge is 0.463 e. The number of carbonyl (C=O) groups excluding carboxylic acids is 1. The van der Waals surface area contributed by atoms with Crippen LogP contribution in [0.3, 0.4) is 0 Å². The maximum Gasteiger partial charge on any atom is 0.376 e. The Balaban J connectivity index is 2.99. The van der Waals surface area contributed by atoms with Gasteiger partial charge in [0.25, 0.3) is 0 Å². The van der Waals surface area contributed by atoms with Gasteiger partial charge in [-0.25, -0.2) is 14.8 Å². The molecule has 0 saturated heterocycles. The second-order valence-electron chi connectivity index (χ2n) is 4.09. The van der Waals surface area contributed by atoms with Gasteiger partial charge in [0, 0.05) is 25.4 Å². The molecule has 0 radical (unpaired) electrons. The van der Waals surface area contributed by atoms with Gasteiger partial charge in [0.05, 0.1) is 19.1 Å². The molecule has 0 fully saturated rings. The molecular formula is C12H16N4O2. The van der Waals surface area contributed by atoms with Gasteiger partial charge in [-0.2, -0.15) is 5.26 Å². The van der Waals surface area contributed by atoms with Crippen LogP contribution in [0.1, 0.15) is 23.2 Å². The van der Waals surface area contributed by atoms with Crippen LogP contribution in [0.5, 0.6) is 0 Å². The molecule has 6 heteroatoms. The lowest BCUT2D eigenvalue weighted by Crippen LogP contribution is -2.25. The molecular weight excluding hydrogens is 232 g/mol. The van der Waals surface area contributed by atoms with Crippen LogP contribution in [0.25, 0.3) is 0 Å². The molecule has 1 unspecified atom stereocenters. The quantitative estimate of drug-likeness (QED) is 0.744. The maximum atomic E-state index is 11.4. The van der Waals surface area contributed by atoms with Gasteiger partial charge < -0.3 is 9.64 Å². The fraction of sp³-hybridized carbons (Fsp3) is 0.500. The van der Waals surface area contributed by atoms with Crippen molar-refractivity contribution in [3.05, 3.63) is 17.6 Å². The summed E-state index contributed by atoms with van der Waals surface area (Å²) in [6.45, 7) is 4.14. The summed E-state index contributed by atoms with van der Waals surface area (Å²) in [7, 11) is 3.10. The highest BCUT2D eigenvalue weighted by atomic mass is 16.5. The number of nitrogens with zero attached hydrogens (tertiary/aromatic N) is 4. The average Bonchev–Trinajstić information content (AvgIpc) is 2.36. The number of esters is 1. The van der Waals surface area contributed by atoms with Gasteiger partial charge in [-0.05, 0) is 13.8 Å². The zero-order valence-electron chi connectivity index (χ0n) is 11.0. The van der Waals surface area contributed by atoms with Crippen LogP contribution >= 0.6 is 0 Å². The van der Waals surface area contributed by atoms with E-state index in [-0.39, 0.29) is 11.7 Å². The van der Waals surface area contributed by atoms with E-state index >= 15 is 0 Å². The van der Waals surface area contributed by atoms with E-state index in [1.54, 1.807) is 13.0 Å². The molecule has 0 saturated carbocycles. The van der Waals surface area contributed by atoms with Crippen LogP contribution in [0.15, 0.2) is 6.07 Å². The average molecular weight is 248 g/mol. The molecule has 0 spiro atoms. The van der Waals surface area contributed by atoms with Crippen molar-refractivity contribution in [3.63, 3.8) is 0 Å². The van der Waals surface area contributed by atoms with Gasteiger partial charge in [-0.1, -0.05) is 0 Å². The lowest BCUT2D eigenvalue weighted by Gasteiger charge is -2.19. The molecule has 0 aromatic carbocycles. The smallest absolute Gasteiger partial charge is 0.376 e. The van der Waals surface area contributed by atoms with E-state index in [2.05, 4.69) is 20.8 Å². The SMILES string of the molecule is COC(=O)c1nc(C)cc(N(C)CC(C)C#N)n1. The maximum absolute atomic E-state index is 11.4. The fourth-order valence-electron chi connectivity index (χ4n) is 1.48. The minimum atomic E-state index is -0.568. The minimum absolute atomic E-state index is 0.0314. The Hall–Kier alpha value is -2.16. The fourth-order valence-corrected chi connectivity index (χ4v) is 1.48. The molecule has 6 nitrogen and oxygen atoms in total. The number of methoxy groups -OCH3 is 1. The van der Waals surface area contributed by atoms with Crippen molar-refractivity contribution in [2.75, 3.05) is 25.6 Å². The van der Waals surface area contributed by atoms with Crippen LogP contribution in [0.4, 0.5) is 5.82 Å². The lowest BCUT2D eigenvalue weighted by molar-refractivity contribution is 0.0586. The summed E-state index contributed by atoms with van der Waals surface area (Å²) >= 11 is 0. The summed E-state index contributed by atoms with van der Waals surface area (Å²) < 4.78 is 4.59. The number of aryl methyl sites for hydroxylation is 1. The standard InChI is InChI=1S/C12H16N4O2/c1-8(6-13)7-16(3)10-5-9(2)14-11(15-10)12(17)18-4/h5,8H,7H2,1-4H3. The Morgan fingerprint density at radius 3 is 2.83 bits per heavy atom. The first kappa shape index (κ1) is 13.9. The third kappa shape index (κ3) is 3.42. The first-order chi connectivity index (χ1) is 8.47. The molecule has 0 aliphatic rings. The molecule has 0 amide bonds. The number of anilines is 1. The van der Waals surface area contributed by atoms with Gasteiger partial charge in [0.2, 0.25) is 5.82 Å². The van der Waals surface area contributed by atoms with Gasteiger partial charge in [0.1, 0.15) is 5.82 Å². The zero-order chi connectivity index (χ0) is 13.7. The van der Waals surface area contributed by atoms with Crippen molar-refractivity contribution in [2.24, 2.45) is 5.92 Å². The molecule has 0 aliphatic carbocycles. The number of hydrogen-bond acceptors (Lipinski definition) is 6. The number of ether oxygens (including phenoxy) is 1. The first-order valence-corrected chi connectivity index (χ1v) is 5.52. The van der Waals surface area contributed by atoms with Gasteiger partial charge in [-0.3, -0.25) is 0 Å². The van der Waals surface area contributed by atoms with Crippen molar-refractivity contribution in [3.8, 4) is 6.07 Å². The number of nitriles is 1. The van der Waals surface area contributed by atoms with Crippen molar-refractivity contribution < 1.29 is 9.53 Å². The predicted octanol–water partition coefficient (Wildman–Crippen LogP) is 1.17. The van der Waals surface area contributed by atoms with Crippen LogP contribution in [-0.2, 0) is 4.74 Å². The summed E-state index contributed by atoms with van der Waals surface area (Å²) in [6, 6.07) is 3.91. The van der Waals surface area contributed by atoms with Crippen molar-refractivity contribution in [1.82, 2.24) is 9.97 Å². The normalized spacial score (nSPS) is 11.5. The lowest BCUT2D eigenvalue weighted by atomic mass is 10.2. The summed E-state index contributed by atoms with van der Waals surface area (Å²) in [5.74, 6) is -0.0532. The molecule has 1 heterocycles. The van der Waals surface area contributed by atoms with E-state index in [9.17, 15) is 4.79 Å². The van der Waals surface area contributed by atoms with E-state index in [4.69, 9.17) is 5.26 Å². The monoisotopic (exact) mass is 248 g/mol. The topological polar surface area (TPSA) is 79.1 Å². The molecule has 1 aromatic heterocycles. The predicted molar refractivity (Wildman–Crippen MR) is 66.2 cm³/mol. The molecule has 18 heavy (non-hydrogen) atoms. The Morgan fingerprint density at radius 1 is 1.61 bits per heavy atom. The highest BCUT2D eigenvalue weighted by Crippen LogP contribution is 2.13. The van der Waals surface area contributed by atoms with E-state index in [1.165, 1.54) is 7.11 Å². The Labute approximate surface area is 106 Å². The summed E-state index contributed by atoms with van der Waals surface area (Å²) in [5.41, 5.74) is 0.678. The van der Waals surface area contributed by atoms with Gasteiger partial charge >= 0.3 is 5.97 Å². The van der Waals surface area contributed by atoms with Crippen LogP contribution < -0.4 is 4.90 Å². The second-order valence-corrected chi connectivity index (χ2v) is 4.09. The van der Waals surface area contributed by atoms with Crippen molar-refractivity contribution in [1.29, 1.82) is 5.26 Å². The molecule has 1 aromatic rings. The molecule has 0 N–H and O–H groups in total. The summed E-state index contributed by atoms with van der Waals surface area (Å²) in [5, 5.41) is 8.78. The van der Waals surface area contributed by atoms with Gasteiger partial charge in [-0.15, -0.1) is 0 Å². The van der Waals surface area contributed by atoms with Crippen molar-refractivity contribution >= 4 is 11.8 Å². The number of aromatic nitrogens is 2. The summed E-state index contributed by atoms with van der Waals surface area (Å²) in [4.78, 5) is 21.3. The molecule has 1 atom stereocenters. The number of hydrogen-bond donors (Lipinski definition) is 0. The second kappa shape index (κ2) is 5.96. The van der Waals surface area contributed by atoms with E-state index < -0.39 is 5.97 Å². The van der Waals surface area contributed by atoms with Gasteiger partial charge in [0.15, 0.2) is 0 Å². The third-order valence-corrected chi connectivity index (χ3v) is 2.37. The number of carbonyl (C=O) groups is 1. The highest BCUT2D eigenvalue weighted by molar-refractivity contribution is 5.85.